The first-order chi connectivity index (χ1) is 9.54. The molecule has 1 aromatic carbocycles. The van der Waals surface area contributed by atoms with E-state index < -0.39 is 16.2 Å². The quantitative estimate of drug-likeness (QED) is 0.583. The van der Waals surface area contributed by atoms with Crippen molar-refractivity contribution < 1.29 is 33.1 Å². The second-order valence-electron chi connectivity index (χ2n) is 4.22. The van der Waals surface area contributed by atoms with Crippen LogP contribution in [-0.4, -0.2) is 53.4 Å². The minimum absolute atomic E-state index is 0.0666. The van der Waals surface area contributed by atoms with E-state index in [4.69, 9.17) is 19.9 Å². The molecule has 0 heterocycles. The number of aliphatic hydroxyl groups is 3. The van der Waals surface area contributed by atoms with Crippen LogP contribution in [-0.2, 0) is 14.9 Å². The third kappa shape index (κ3) is 14.9. The number of benzene rings is 1. The lowest BCUT2D eigenvalue weighted by molar-refractivity contribution is -0.115. The van der Waals surface area contributed by atoms with Crippen LogP contribution in [0.25, 0.3) is 0 Å². The Hall–Kier alpha value is -1.32. The van der Waals surface area contributed by atoms with Crippen LogP contribution < -0.4 is 0 Å². The molecular formula is C13H22O7S. The third-order valence-corrected chi connectivity index (χ3v) is 2.61. The summed E-state index contributed by atoms with van der Waals surface area (Å²) < 4.78 is 29.6. The number of aliphatic hydroxyl groups excluding tert-OH is 3. The molecule has 0 amide bonds. The molecule has 0 spiro atoms. The summed E-state index contributed by atoms with van der Waals surface area (Å²) in [6.07, 6.45) is -0.954. The van der Waals surface area contributed by atoms with Gasteiger partial charge in [0.1, 0.15) is 11.9 Å². The van der Waals surface area contributed by atoms with Gasteiger partial charge >= 0.3 is 0 Å². The van der Waals surface area contributed by atoms with E-state index in [1.54, 1.807) is 12.1 Å². The lowest BCUT2D eigenvalue weighted by atomic mass is 10.2. The Bertz CT molecular complexity index is 486. The fraction of sp³-hybridized carbons (Fsp3) is 0.462. The number of carbonyl (C=O) groups excluding carboxylic acids is 1. The normalized spacial score (nSPS) is 10.1. The van der Waals surface area contributed by atoms with Crippen molar-refractivity contribution in [3.8, 4) is 0 Å². The van der Waals surface area contributed by atoms with Crippen molar-refractivity contribution >= 4 is 15.9 Å². The van der Waals surface area contributed by atoms with Crippen LogP contribution in [0.2, 0.25) is 0 Å². The molecule has 0 unspecified atom stereocenters. The number of aryl methyl sites for hydroxylation is 1. The molecule has 0 aliphatic carbocycles. The van der Waals surface area contributed by atoms with E-state index in [1.165, 1.54) is 26.0 Å². The van der Waals surface area contributed by atoms with Gasteiger partial charge in [-0.05, 0) is 32.9 Å². The summed E-state index contributed by atoms with van der Waals surface area (Å²) in [5.41, 5.74) is 0.956. The van der Waals surface area contributed by atoms with Crippen molar-refractivity contribution in [2.75, 3.05) is 13.2 Å². The number of ketones is 1. The van der Waals surface area contributed by atoms with Crippen LogP contribution in [0.15, 0.2) is 29.2 Å². The van der Waals surface area contributed by atoms with E-state index >= 15 is 0 Å². The van der Waals surface area contributed by atoms with Crippen LogP contribution in [0.1, 0.15) is 19.4 Å². The molecule has 8 heteroatoms. The van der Waals surface area contributed by atoms with Gasteiger partial charge in [-0.3, -0.25) is 4.55 Å². The molecule has 0 atom stereocenters. The molecule has 4 N–H and O–H groups in total. The molecule has 0 saturated carbocycles. The topological polar surface area (TPSA) is 132 Å². The number of Topliss-reactive ketones (excluding diaryl/α,β-unsaturated/α-hetero) is 1. The van der Waals surface area contributed by atoms with Gasteiger partial charge in [-0.25, -0.2) is 0 Å². The van der Waals surface area contributed by atoms with Gasteiger partial charge in [0.25, 0.3) is 10.1 Å². The molecule has 0 aliphatic heterocycles. The first-order valence-electron chi connectivity index (χ1n) is 5.95. The van der Waals surface area contributed by atoms with Crippen molar-refractivity contribution in [3.63, 3.8) is 0 Å². The van der Waals surface area contributed by atoms with Crippen LogP contribution >= 0.6 is 0 Å². The molecule has 1 rings (SSSR count). The maximum absolute atomic E-state index is 10.5. The molecule has 0 saturated heterocycles. The van der Waals surface area contributed by atoms with E-state index in [-0.39, 0.29) is 23.9 Å². The minimum Gasteiger partial charge on any atom is -0.394 e. The fourth-order valence-electron chi connectivity index (χ4n) is 0.768. The standard InChI is InChI=1S/C7H8O3S.C3H8O3.C3H6O/c1-6-2-4-7(5-3-6)11(8,9)10;4-1-3(6)2-5;1-3(2)4/h2-5H,1H3,(H,8,9,10);3-6H,1-2H2;1-2H3. The van der Waals surface area contributed by atoms with Crippen LogP contribution in [0, 0.1) is 6.92 Å². The zero-order chi connectivity index (χ0) is 17.1. The summed E-state index contributed by atoms with van der Waals surface area (Å²) in [7, 11) is -4.02. The van der Waals surface area contributed by atoms with Gasteiger partial charge in [-0.1, -0.05) is 17.7 Å². The third-order valence-electron chi connectivity index (χ3n) is 1.74. The number of hydrogen-bond donors (Lipinski definition) is 4. The molecule has 21 heavy (non-hydrogen) atoms. The van der Waals surface area contributed by atoms with E-state index in [0.29, 0.717) is 0 Å². The predicted octanol–water partition coefficient (Wildman–Crippen LogP) is 0.169. The van der Waals surface area contributed by atoms with Gasteiger partial charge in [-0.15, -0.1) is 0 Å². The molecule has 0 fully saturated rings. The highest BCUT2D eigenvalue weighted by Crippen LogP contribution is 2.08. The molecule has 0 aliphatic rings. The molecule has 0 radical (unpaired) electrons. The Balaban J connectivity index is 0. The monoisotopic (exact) mass is 322 g/mol. The van der Waals surface area contributed by atoms with E-state index in [2.05, 4.69) is 0 Å². The zero-order valence-corrected chi connectivity index (χ0v) is 13.0. The summed E-state index contributed by atoms with van der Waals surface area (Å²) in [5.74, 6) is 0.167. The van der Waals surface area contributed by atoms with Crippen LogP contribution in [0.3, 0.4) is 0 Å². The van der Waals surface area contributed by atoms with Crippen molar-refractivity contribution in [1.29, 1.82) is 0 Å². The summed E-state index contributed by atoms with van der Waals surface area (Å²) in [6.45, 7) is 4.17. The van der Waals surface area contributed by atoms with Crippen molar-refractivity contribution in [2.45, 2.75) is 31.8 Å². The predicted molar refractivity (Wildman–Crippen MR) is 77.5 cm³/mol. The van der Waals surface area contributed by atoms with E-state index in [1.807, 2.05) is 6.92 Å². The molecule has 7 nitrogen and oxygen atoms in total. The number of rotatable bonds is 3. The average Bonchev–Trinajstić information content (AvgIpc) is 2.37. The maximum Gasteiger partial charge on any atom is 0.294 e. The molecule has 122 valence electrons. The Morgan fingerprint density at radius 2 is 1.43 bits per heavy atom. The van der Waals surface area contributed by atoms with Crippen LogP contribution in [0.5, 0.6) is 0 Å². The van der Waals surface area contributed by atoms with Gasteiger partial charge in [0.15, 0.2) is 0 Å². The van der Waals surface area contributed by atoms with Crippen molar-refractivity contribution in [3.05, 3.63) is 29.8 Å². The highest BCUT2D eigenvalue weighted by Gasteiger charge is 2.06. The highest BCUT2D eigenvalue weighted by molar-refractivity contribution is 7.85. The smallest absolute Gasteiger partial charge is 0.294 e. The Kier molecular flexibility index (Phi) is 11.9. The van der Waals surface area contributed by atoms with Gasteiger partial charge in [0, 0.05) is 0 Å². The van der Waals surface area contributed by atoms with Gasteiger partial charge in [0.05, 0.1) is 18.1 Å². The van der Waals surface area contributed by atoms with E-state index in [9.17, 15) is 13.2 Å². The Morgan fingerprint density at radius 1 is 1.10 bits per heavy atom. The largest absolute Gasteiger partial charge is 0.394 e. The SMILES string of the molecule is CC(C)=O.Cc1ccc(S(=O)(=O)O)cc1.OCC(O)CO. The fourth-order valence-corrected chi connectivity index (χ4v) is 1.25. The van der Waals surface area contributed by atoms with Crippen LogP contribution in [0.4, 0.5) is 0 Å². The lowest BCUT2D eigenvalue weighted by Crippen LogP contribution is -2.15. The van der Waals surface area contributed by atoms with E-state index in [0.717, 1.165) is 5.56 Å². The second kappa shape index (κ2) is 11.4. The summed E-state index contributed by atoms with van der Waals surface area (Å²) in [5, 5.41) is 24.0. The first kappa shape index (κ1) is 22.0. The molecule has 0 bridgehead atoms. The summed E-state index contributed by atoms with van der Waals surface area (Å²) >= 11 is 0. The summed E-state index contributed by atoms with van der Waals surface area (Å²) in [4.78, 5) is 9.38. The minimum atomic E-state index is -4.02. The molecule has 1 aromatic rings. The van der Waals surface area contributed by atoms with Crippen molar-refractivity contribution in [2.24, 2.45) is 0 Å². The lowest BCUT2D eigenvalue weighted by Gasteiger charge is -1.96. The average molecular weight is 322 g/mol. The molecule has 0 aromatic heterocycles. The first-order valence-corrected chi connectivity index (χ1v) is 7.39. The number of carbonyl (C=O) groups is 1. The summed E-state index contributed by atoms with van der Waals surface area (Å²) in [6, 6.07) is 5.99. The van der Waals surface area contributed by atoms with Gasteiger partial charge in [0.2, 0.25) is 0 Å². The molecular weight excluding hydrogens is 300 g/mol. The zero-order valence-electron chi connectivity index (χ0n) is 12.2. The maximum atomic E-state index is 10.5. The van der Waals surface area contributed by atoms with Crippen molar-refractivity contribution in [1.82, 2.24) is 0 Å². The van der Waals surface area contributed by atoms with Gasteiger partial charge < -0.3 is 20.1 Å². The Labute approximate surface area is 124 Å². The highest BCUT2D eigenvalue weighted by atomic mass is 32.2. The van der Waals surface area contributed by atoms with Gasteiger partial charge in [-0.2, -0.15) is 8.42 Å². The Morgan fingerprint density at radius 3 is 1.62 bits per heavy atom. The second-order valence-corrected chi connectivity index (χ2v) is 5.64. The number of hydrogen-bond acceptors (Lipinski definition) is 6.